The third kappa shape index (κ3) is 1.87. The van der Waals surface area contributed by atoms with Gasteiger partial charge >= 0.3 is 0 Å². The molecule has 0 aliphatic carbocycles. The zero-order valence-electron chi connectivity index (χ0n) is 9.80. The highest BCUT2D eigenvalue weighted by atomic mass is 16.5. The summed E-state index contributed by atoms with van der Waals surface area (Å²) in [6.07, 6.45) is 5.70. The summed E-state index contributed by atoms with van der Waals surface area (Å²) in [5.41, 5.74) is 1.06. The number of fused-ring (bicyclic) bond motifs is 2. The molecule has 0 N–H and O–H groups in total. The Morgan fingerprint density at radius 1 is 1.38 bits per heavy atom. The highest BCUT2D eigenvalue weighted by Crippen LogP contribution is 2.28. The van der Waals surface area contributed by atoms with Crippen LogP contribution in [-0.4, -0.2) is 47.2 Å². The minimum atomic E-state index is 0.749. The number of hydrogen-bond acceptors (Lipinski definition) is 4. The van der Waals surface area contributed by atoms with Crippen molar-refractivity contribution in [3.63, 3.8) is 0 Å². The van der Waals surface area contributed by atoms with E-state index in [9.17, 15) is 0 Å². The van der Waals surface area contributed by atoms with E-state index in [0.29, 0.717) is 0 Å². The van der Waals surface area contributed by atoms with Crippen molar-refractivity contribution in [3.8, 4) is 0 Å². The van der Waals surface area contributed by atoms with Gasteiger partial charge in [0, 0.05) is 37.8 Å². The fourth-order valence-corrected chi connectivity index (χ4v) is 3.07. The first-order valence-electron chi connectivity index (χ1n) is 6.16. The summed E-state index contributed by atoms with van der Waals surface area (Å²) in [6, 6.07) is 3.53. The maximum absolute atomic E-state index is 4.88. The van der Waals surface area contributed by atoms with Crippen LogP contribution in [0, 0.1) is 0 Å². The quantitative estimate of drug-likeness (QED) is 0.754. The van der Waals surface area contributed by atoms with Crippen LogP contribution in [0.5, 0.6) is 0 Å². The molecule has 4 nitrogen and oxygen atoms in total. The van der Waals surface area contributed by atoms with Gasteiger partial charge in [-0.15, -0.1) is 0 Å². The van der Waals surface area contributed by atoms with Gasteiger partial charge in [-0.05, 0) is 26.3 Å². The van der Waals surface area contributed by atoms with E-state index in [1.807, 2.05) is 6.07 Å². The van der Waals surface area contributed by atoms with Crippen molar-refractivity contribution in [2.75, 3.05) is 20.1 Å². The van der Waals surface area contributed by atoms with Gasteiger partial charge in [0.15, 0.2) is 0 Å². The number of hydrogen-bond donors (Lipinski definition) is 0. The van der Waals surface area contributed by atoms with E-state index >= 15 is 0 Å². The zero-order valence-corrected chi connectivity index (χ0v) is 9.80. The second kappa shape index (κ2) is 4.18. The number of likely N-dealkylation sites (N-methyl/N-ethyl adjacent to an activating group) is 1. The third-order valence-electron chi connectivity index (χ3n) is 4.11. The summed E-state index contributed by atoms with van der Waals surface area (Å²) >= 11 is 0. The van der Waals surface area contributed by atoms with E-state index in [-0.39, 0.29) is 0 Å². The van der Waals surface area contributed by atoms with Crippen LogP contribution in [0.15, 0.2) is 16.9 Å². The summed E-state index contributed by atoms with van der Waals surface area (Å²) in [4.78, 5) is 5.08. The van der Waals surface area contributed by atoms with E-state index < -0.39 is 0 Å². The van der Waals surface area contributed by atoms with Gasteiger partial charge in [0.1, 0.15) is 6.26 Å². The predicted molar refractivity (Wildman–Crippen MR) is 61.0 cm³/mol. The van der Waals surface area contributed by atoms with Crippen molar-refractivity contribution in [3.05, 3.63) is 18.0 Å². The number of rotatable bonds is 2. The van der Waals surface area contributed by atoms with Crippen LogP contribution in [0.1, 0.15) is 25.0 Å². The molecule has 0 amide bonds. The van der Waals surface area contributed by atoms with Gasteiger partial charge in [0.25, 0.3) is 0 Å². The van der Waals surface area contributed by atoms with Crippen LogP contribution < -0.4 is 0 Å². The Labute approximate surface area is 96.2 Å². The summed E-state index contributed by atoms with van der Waals surface area (Å²) in [7, 11) is 2.28. The lowest BCUT2D eigenvalue weighted by Gasteiger charge is -2.24. The smallest absolute Gasteiger partial charge is 0.124 e. The molecule has 2 aliphatic rings. The number of aromatic nitrogens is 1. The Morgan fingerprint density at radius 2 is 2.25 bits per heavy atom. The molecular formula is C12H19N3O. The molecule has 2 fully saturated rings. The van der Waals surface area contributed by atoms with E-state index in [2.05, 4.69) is 22.0 Å². The van der Waals surface area contributed by atoms with E-state index in [1.165, 1.54) is 32.4 Å². The van der Waals surface area contributed by atoms with Crippen molar-refractivity contribution < 1.29 is 4.52 Å². The molecule has 1 aromatic heterocycles. The fraction of sp³-hybridized carbons (Fsp3) is 0.750. The van der Waals surface area contributed by atoms with Crippen LogP contribution in [0.3, 0.4) is 0 Å². The molecular weight excluding hydrogens is 202 g/mol. The largest absolute Gasteiger partial charge is 0.364 e. The van der Waals surface area contributed by atoms with Crippen LogP contribution in [0.4, 0.5) is 0 Å². The molecule has 4 heteroatoms. The first-order valence-corrected chi connectivity index (χ1v) is 6.16. The Morgan fingerprint density at radius 3 is 3.06 bits per heavy atom. The van der Waals surface area contributed by atoms with Gasteiger partial charge in [-0.1, -0.05) is 5.16 Å². The minimum absolute atomic E-state index is 0.749. The maximum Gasteiger partial charge on any atom is 0.124 e. The molecule has 0 aromatic carbocycles. The van der Waals surface area contributed by atoms with Crippen molar-refractivity contribution in [1.29, 1.82) is 0 Å². The van der Waals surface area contributed by atoms with Gasteiger partial charge < -0.3 is 4.52 Å². The Kier molecular flexibility index (Phi) is 2.69. The molecule has 88 valence electrons. The standard InChI is InChI=1S/C12H19N3O/c1-14-11-2-3-12(14)9-15(6-4-11)8-10-5-7-16-13-10/h5,7,11-12H,2-4,6,8-9H2,1H3/t11-,12-/m0/s1. The lowest BCUT2D eigenvalue weighted by molar-refractivity contribution is 0.211. The third-order valence-corrected chi connectivity index (χ3v) is 4.11. The highest BCUT2D eigenvalue weighted by molar-refractivity contribution is 4.97. The summed E-state index contributed by atoms with van der Waals surface area (Å²) in [6.45, 7) is 3.31. The van der Waals surface area contributed by atoms with Crippen molar-refractivity contribution in [1.82, 2.24) is 15.0 Å². The minimum Gasteiger partial charge on any atom is -0.364 e. The van der Waals surface area contributed by atoms with Gasteiger partial charge in [-0.25, -0.2) is 0 Å². The van der Waals surface area contributed by atoms with E-state index in [4.69, 9.17) is 4.52 Å². The Balaban J connectivity index is 1.65. The second-order valence-electron chi connectivity index (χ2n) is 5.07. The van der Waals surface area contributed by atoms with E-state index in [0.717, 1.165) is 24.3 Å². The average Bonchev–Trinajstić information content (AvgIpc) is 2.82. The number of likely N-dealkylation sites (tertiary alicyclic amines) is 1. The molecule has 1 aromatic rings. The molecule has 2 aliphatic heterocycles. The van der Waals surface area contributed by atoms with Crippen molar-refractivity contribution >= 4 is 0 Å². The molecule has 2 atom stereocenters. The molecule has 0 saturated carbocycles. The van der Waals surface area contributed by atoms with Gasteiger partial charge in [0.2, 0.25) is 0 Å². The molecule has 0 spiro atoms. The molecule has 0 unspecified atom stereocenters. The summed E-state index contributed by atoms with van der Waals surface area (Å²) in [5.74, 6) is 0. The SMILES string of the molecule is CN1[C@H]2CC[C@H]1CN(Cc1ccon1)CC2. The Bertz CT molecular complexity index is 338. The monoisotopic (exact) mass is 221 g/mol. The number of nitrogens with zero attached hydrogens (tertiary/aromatic N) is 3. The van der Waals surface area contributed by atoms with Gasteiger partial charge in [0.05, 0.1) is 5.69 Å². The van der Waals surface area contributed by atoms with Crippen LogP contribution >= 0.6 is 0 Å². The zero-order chi connectivity index (χ0) is 11.0. The van der Waals surface area contributed by atoms with Crippen LogP contribution in [0.2, 0.25) is 0 Å². The molecule has 3 heterocycles. The first kappa shape index (κ1) is 10.3. The lowest BCUT2D eigenvalue weighted by Crippen LogP contribution is -2.36. The first-order chi connectivity index (χ1) is 7.83. The molecule has 3 rings (SSSR count). The Hall–Kier alpha value is -0.870. The van der Waals surface area contributed by atoms with Gasteiger partial charge in [-0.3, -0.25) is 9.80 Å². The van der Waals surface area contributed by atoms with Gasteiger partial charge in [-0.2, -0.15) is 0 Å². The second-order valence-corrected chi connectivity index (χ2v) is 5.07. The molecule has 16 heavy (non-hydrogen) atoms. The maximum atomic E-state index is 4.88. The molecule has 2 saturated heterocycles. The van der Waals surface area contributed by atoms with Crippen molar-refractivity contribution in [2.24, 2.45) is 0 Å². The summed E-state index contributed by atoms with van der Waals surface area (Å²) in [5, 5.41) is 3.99. The van der Waals surface area contributed by atoms with Crippen LogP contribution in [0.25, 0.3) is 0 Å². The predicted octanol–water partition coefficient (Wildman–Crippen LogP) is 1.34. The van der Waals surface area contributed by atoms with Crippen LogP contribution in [-0.2, 0) is 6.54 Å². The van der Waals surface area contributed by atoms with E-state index in [1.54, 1.807) is 6.26 Å². The van der Waals surface area contributed by atoms with Crippen molar-refractivity contribution in [2.45, 2.75) is 37.9 Å². The topological polar surface area (TPSA) is 32.5 Å². The fourth-order valence-electron chi connectivity index (χ4n) is 3.07. The molecule has 0 radical (unpaired) electrons. The lowest BCUT2D eigenvalue weighted by atomic mass is 10.1. The normalized spacial score (nSPS) is 31.8. The summed E-state index contributed by atoms with van der Waals surface area (Å²) < 4.78 is 4.88. The average molecular weight is 221 g/mol. The highest BCUT2D eigenvalue weighted by Gasteiger charge is 2.34. The molecule has 2 bridgehead atoms.